The number of oxime groups is 1. The summed E-state index contributed by atoms with van der Waals surface area (Å²) in [5, 5.41) is 5.04. The van der Waals surface area contributed by atoms with Crippen LogP contribution in [0.2, 0.25) is 0 Å². The largest absolute Gasteiger partial charge is 0.496 e. The van der Waals surface area contributed by atoms with E-state index in [-0.39, 0.29) is 30.6 Å². The quantitative estimate of drug-likeness (QED) is 0.391. The van der Waals surface area contributed by atoms with Crippen LogP contribution in [0.3, 0.4) is 0 Å². The van der Waals surface area contributed by atoms with Gasteiger partial charge in [0.25, 0.3) is 0 Å². The summed E-state index contributed by atoms with van der Waals surface area (Å²) in [6, 6.07) is 3.70. The molecular formula is C26H32F2N4O3. The lowest BCUT2D eigenvalue weighted by atomic mass is 9.88. The third-order valence-electron chi connectivity index (χ3n) is 7.39. The molecule has 1 aliphatic carbocycles. The lowest BCUT2D eigenvalue weighted by Crippen LogP contribution is -2.20. The molecule has 1 aromatic carbocycles. The van der Waals surface area contributed by atoms with E-state index in [1.54, 1.807) is 13.3 Å². The highest BCUT2D eigenvalue weighted by Crippen LogP contribution is 2.41. The number of pyridine rings is 1. The minimum absolute atomic E-state index is 0.0343. The van der Waals surface area contributed by atoms with Gasteiger partial charge in [-0.05, 0) is 45.7 Å². The number of hydrogen-bond donors (Lipinski definition) is 0. The fraction of sp³-hybridized carbons (Fsp3) is 0.577. The summed E-state index contributed by atoms with van der Waals surface area (Å²) in [5.74, 6) is 1.90. The Morgan fingerprint density at radius 1 is 1.17 bits per heavy atom. The molecule has 0 N–H and O–H groups in total. The second-order valence-corrected chi connectivity index (χ2v) is 9.74. The van der Waals surface area contributed by atoms with Crippen molar-refractivity contribution >= 4 is 27.6 Å². The van der Waals surface area contributed by atoms with Crippen LogP contribution in [-0.2, 0) is 9.57 Å². The third-order valence-corrected chi connectivity index (χ3v) is 7.39. The maximum absolute atomic E-state index is 12.9. The number of halogens is 2. The summed E-state index contributed by atoms with van der Waals surface area (Å²) >= 11 is 0. The predicted octanol–water partition coefficient (Wildman–Crippen LogP) is 6.32. The molecule has 0 spiro atoms. The molecule has 1 saturated carbocycles. The van der Waals surface area contributed by atoms with Crippen molar-refractivity contribution < 1.29 is 23.1 Å². The van der Waals surface area contributed by atoms with Gasteiger partial charge in [0.05, 0.1) is 48.6 Å². The Morgan fingerprint density at radius 2 is 1.94 bits per heavy atom. The van der Waals surface area contributed by atoms with Crippen LogP contribution in [0, 0.1) is 0 Å². The first kappa shape index (κ1) is 23.9. The molecule has 2 aliphatic rings. The Balaban J connectivity index is 1.71. The summed E-state index contributed by atoms with van der Waals surface area (Å²) in [4.78, 5) is 15.2. The van der Waals surface area contributed by atoms with Gasteiger partial charge >= 0.3 is 6.61 Å². The highest BCUT2D eigenvalue weighted by Gasteiger charge is 2.33. The van der Waals surface area contributed by atoms with Gasteiger partial charge in [-0.15, -0.1) is 0 Å². The molecule has 3 aromatic rings. The van der Waals surface area contributed by atoms with Crippen LogP contribution in [0.5, 0.6) is 5.75 Å². The van der Waals surface area contributed by atoms with E-state index in [1.165, 1.54) is 6.42 Å². The molecule has 9 heteroatoms. The molecule has 0 saturated heterocycles. The fourth-order valence-electron chi connectivity index (χ4n) is 5.74. The van der Waals surface area contributed by atoms with Gasteiger partial charge in [0.1, 0.15) is 23.2 Å². The molecule has 5 rings (SSSR count). The van der Waals surface area contributed by atoms with Crippen LogP contribution >= 0.6 is 0 Å². The molecule has 3 atom stereocenters. The van der Waals surface area contributed by atoms with Crippen LogP contribution < -0.4 is 4.74 Å². The molecule has 2 unspecified atom stereocenters. The second kappa shape index (κ2) is 9.68. The van der Waals surface area contributed by atoms with Crippen LogP contribution in [0.15, 0.2) is 23.5 Å². The van der Waals surface area contributed by atoms with Crippen LogP contribution in [-0.4, -0.2) is 46.7 Å². The van der Waals surface area contributed by atoms with E-state index >= 15 is 0 Å². The topological polar surface area (TPSA) is 70.8 Å². The van der Waals surface area contributed by atoms with E-state index in [0.29, 0.717) is 5.75 Å². The lowest BCUT2D eigenvalue weighted by molar-refractivity contribution is -0.135. The van der Waals surface area contributed by atoms with Gasteiger partial charge in [0.2, 0.25) is 0 Å². The molecule has 1 aliphatic heterocycles. The van der Waals surface area contributed by atoms with Gasteiger partial charge in [0, 0.05) is 16.9 Å². The molecule has 0 bridgehead atoms. The van der Waals surface area contributed by atoms with Crippen LogP contribution in [0.4, 0.5) is 8.78 Å². The monoisotopic (exact) mass is 486 g/mol. The van der Waals surface area contributed by atoms with Gasteiger partial charge in [-0.3, -0.25) is 4.98 Å². The highest BCUT2D eigenvalue weighted by molar-refractivity contribution is 6.04. The molecule has 35 heavy (non-hydrogen) atoms. The molecule has 7 nitrogen and oxygen atoms in total. The first-order valence-electron chi connectivity index (χ1n) is 12.4. The standard InChI is InChI=1S/C26H32F2N4O3/c1-14(13-34-26(27)28)32-24-18-11-22(33-4)19(23-15(2)31-35-16(23)3)10-20(18)29-12-21(24)30-25(32)17-8-6-5-7-9-17/h10-12,14,16-17,23,26H,5-9,13H2,1-4H3/t14-,16?,23?/m1/s1. The maximum Gasteiger partial charge on any atom is 0.345 e. The summed E-state index contributed by atoms with van der Waals surface area (Å²) in [6.45, 7) is 2.93. The smallest absolute Gasteiger partial charge is 0.345 e. The zero-order chi connectivity index (χ0) is 24.7. The Labute approximate surface area is 203 Å². The average molecular weight is 487 g/mol. The van der Waals surface area contributed by atoms with E-state index in [1.807, 2.05) is 32.9 Å². The number of methoxy groups -OCH3 is 1. The number of nitrogens with zero attached hydrogens (tertiary/aromatic N) is 4. The van der Waals surface area contributed by atoms with Gasteiger partial charge in [0.15, 0.2) is 0 Å². The number of aromatic nitrogens is 3. The van der Waals surface area contributed by atoms with E-state index < -0.39 is 6.61 Å². The number of imidazole rings is 1. The fourth-order valence-corrected chi connectivity index (χ4v) is 5.74. The first-order valence-corrected chi connectivity index (χ1v) is 12.4. The summed E-state index contributed by atoms with van der Waals surface area (Å²) in [6.07, 6.45) is 7.28. The molecule has 188 valence electrons. The van der Waals surface area contributed by atoms with E-state index in [0.717, 1.165) is 64.7 Å². The SMILES string of the molecule is COc1cc2c(cc1C1C(C)=NOC1C)ncc1nc(C3CCCCC3)n([C@H](C)COC(F)F)c12. The van der Waals surface area contributed by atoms with Crippen molar-refractivity contribution in [2.45, 2.75) is 83.5 Å². The van der Waals surface area contributed by atoms with Crippen molar-refractivity contribution in [3.05, 3.63) is 29.7 Å². The Hall–Kier alpha value is -2.81. The first-order chi connectivity index (χ1) is 16.9. The number of rotatable bonds is 7. The van der Waals surface area contributed by atoms with Crippen molar-refractivity contribution in [2.24, 2.45) is 5.16 Å². The second-order valence-electron chi connectivity index (χ2n) is 9.74. The zero-order valence-electron chi connectivity index (χ0n) is 20.6. The average Bonchev–Trinajstić information content (AvgIpc) is 3.42. The van der Waals surface area contributed by atoms with Gasteiger partial charge in [-0.1, -0.05) is 24.4 Å². The van der Waals surface area contributed by atoms with Gasteiger partial charge in [-0.2, -0.15) is 8.78 Å². The summed E-state index contributed by atoms with van der Waals surface area (Å²) < 4.78 is 38.5. The molecule has 2 aromatic heterocycles. The lowest BCUT2D eigenvalue weighted by Gasteiger charge is -2.25. The Bertz CT molecular complexity index is 1250. The van der Waals surface area contributed by atoms with Crippen molar-refractivity contribution in [1.29, 1.82) is 0 Å². The number of hydrogen-bond acceptors (Lipinski definition) is 6. The third kappa shape index (κ3) is 4.35. The molecule has 0 amide bonds. The van der Waals surface area contributed by atoms with E-state index in [4.69, 9.17) is 24.3 Å². The Morgan fingerprint density at radius 3 is 2.60 bits per heavy atom. The molecule has 1 fully saturated rings. The number of benzene rings is 1. The summed E-state index contributed by atoms with van der Waals surface area (Å²) in [5.41, 5.74) is 4.28. The molecule has 3 heterocycles. The minimum Gasteiger partial charge on any atom is -0.496 e. The van der Waals surface area contributed by atoms with Crippen LogP contribution in [0.1, 0.15) is 82.1 Å². The number of fused-ring (bicyclic) bond motifs is 3. The number of ether oxygens (including phenoxy) is 2. The van der Waals surface area contributed by atoms with Crippen LogP contribution in [0.25, 0.3) is 21.9 Å². The van der Waals surface area contributed by atoms with Crippen molar-refractivity contribution in [1.82, 2.24) is 14.5 Å². The van der Waals surface area contributed by atoms with Gasteiger partial charge < -0.3 is 18.9 Å². The maximum atomic E-state index is 12.9. The zero-order valence-corrected chi connectivity index (χ0v) is 20.6. The van der Waals surface area contributed by atoms with E-state index in [9.17, 15) is 8.78 Å². The molecular weight excluding hydrogens is 454 g/mol. The van der Waals surface area contributed by atoms with Crippen molar-refractivity contribution in [3.63, 3.8) is 0 Å². The highest BCUT2D eigenvalue weighted by atomic mass is 19.3. The molecule has 0 radical (unpaired) electrons. The summed E-state index contributed by atoms with van der Waals surface area (Å²) in [7, 11) is 1.65. The number of alkyl halides is 2. The van der Waals surface area contributed by atoms with Crippen molar-refractivity contribution in [3.8, 4) is 5.75 Å². The van der Waals surface area contributed by atoms with E-state index in [2.05, 4.69) is 9.72 Å². The Kier molecular flexibility index (Phi) is 6.61. The van der Waals surface area contributed by atoms with Gasteiger partial charge in [-0.25, -0.2) is 4.98 Å². The van der Waals surface area contributed by atoms with Crippen molar-refractivity contribution in [2.75, 3.05) is 13.7 Å². The minimum atomic E-state index is -2.81. The normalized spacial score (nSPS) is 22.1. The predicted molar refractivity (Wildman–Crippen MR) is 130 cm³/mol.